The smallest absolute Gasteiger partial charge is 0.138 e. The molecule has 1 heterocycles. The van der Waals surface area contributed by atoms with Crippen LogP contribution in [0.15, 0.2) is 6.33 Å². The van der Waals surface area contributed by atoms with Gasteiger partial charge >= 0.3 is 0 Å². The van der Waals surface area contributed by atoms with Gasteiger partial charge in [0.15, 0.2) is 0 Å². The summed E-state index contributed by atoms with van der Waals surface area (Å²) in [5, 5.41) is 4.30. The summed E-state index contributed by atoms with van der Waals surface area (Å²) in [6, 6.07) is 0.668. The third-order valence-corrected chi connectivity index (χ3v) is 4.48. The largest absolute Gasteiger partial charge is 0.271 e. The van der Waals surface area contributed by atoms with Gasteiger partial charge in [0.2, 0.25) is 0 Å². The summed E-state index contributed by atoms with van der Waals surface area (Å²) in [6.45, 7) is 6.55. The number of nitrogens with zero attached hydrogens (tertiary/aromatic N) is 3. The standard InChI is InChI=1S/C14H27N5/c1-4-11-5-6-12(7-11)13(18-15)8-14-16-9-17-19(14)10(2)3/h9-13,18H,4-8,15H2,1-3H3. The molecular formula is C14H27N5. The molecule has 1 aromatic rings. The zero-order valence-electron chi connectivity index (χ0n) is 12.3. The van der Waals surface area contributed by atoms with E-state index in [1.54, 1.807) is 6.33 Å². The van der Waals surface area contributed by atoms with E-state index in [1.807, 2.05) is 4.68 Å². The van der Waals surface area contributed by atoms with Crippen molar-refractivity contribution in [1.82, 2.24) is 20.2 Å². The fourth-order valence-corrected chi connectivity index (χ4v) is 3.26. The van der Waals surface area contributed by atoms with Gasteiger partial charge in [-0.3, -0.25) is 11.3 Å². The molecule has 3 N–H and O–H groups in total. The highest BCUT2D eigenvalue weighted by molar-refractivity contribution is 4.94. The van der Waals surface area contributed by atoms with Crippen molar-refractivity contribution in [2.45, 2.75) is 65.0 Å². The zero-order valence-corrected chi connectivity index (χ0v) is 12.3. The lowest BCUT2D eigenvalue weighted by molar-refractivity contribution is 0.336. The van der Waals surface area contributed by atoms with E-state index in [0.717, 1.165) is 18.2 Å². The molecule has 0 radical (unpaired) electrons. The quantitative estimate of drug-likeness (QED) is 0.610. The molecule has 0 bridgehead atoms. The van der Waals surface area contributed by atoms with Gasteiger partial charge in [-0.15, -0.1) is 0 Å². The van der Waals surface area contributed by atoms with Crippen LogP contribution in [0.2, 0.25) is 0 Å². The molecule has 1 aromatic heterocycles. The van der Waals surface area contributed by atoms with Gasteiger partial charge in [0, 0.05) is 18.5 Å². The van der Waals surface area contributed by atoms with E-state index in [0.29, 0.717) is 18.0 Å². The van der Waals surface area contributed by atoms with Crippen molar-refractivity contribution in [3.63, 3.8) is 0 Å². The summed E-state index contributed by atoms with van der Waals surface area (Å²) in [5.74, 6) is 8.37. The zero-order chi connectivity index (χ0) is 13.8. The number of hydrogen-bond acceptors (Lipinski definition) is 4. The third-order valence-electron chi connectivity index (χ3n) is 4.48. The van der Waals surface area contributed by atoms with Crippen molar-refractivity contribution >= 4 is 0 Å². The maximum Gasteiger partial charge on any atom is 0.138 e. The summed E-state index contributed by atoms with van der Waals surface area (Å²) in [7, 11) is 0. The second kappa shape index (κ2) is 6.48. The summed E-state index contributed by atoms with van der Waals surface area (Å²) < 4.78 is 2.00. The van der Waals surface area contributed by atoms with Crippen molar-refractivity contribution in [2.75, 3.05) is 0 Å². The molecule has 1 aliphatic carbocycles. The summed E-state index contributed by atoms with van der Waals surface area (Å²) in [6.07, 6.45) is 7.72. The van der Waals surface area contributed by atoms with Crippen LogP contribution in [0.5, 0.6) is 0 Å². The highest BCUT2D eigenvalue weighted by atomic mass is 15.3. The van der Waals surface area contributed by atoms with Crippen molar-refractivity contribution in [3.05, 3.63) is 12.2 Å². The Morgan fingerprint density at radius 3 is 2.84 bits per heavy atom. The number of aromatic nitrogens is 3. The molecule has 1 saturated carbocycles. The van der Waals surface area contributed by atoms with E-state index >= 15 is 0 Å². The van der Waals surface area contributed by atoms with E-state index in [4.69, 9.17) is 5.84 Å². The molecule has 0 amide bonds. The van der Waals surface area contributed by atoms with Gasteiger partial charge in [0.05, 0.1) is 0 Å². The molecule has 0 aliphatic heterocycles. The molecule has 1 fully saturated rings. The Hall–Kier alpha value is -0.940. The highest BCUT2D eigenvalue weighted by Gasteiger charge is 2.30. The Labute approximate surface area is 115 Å². The van der Waals surface area contributed by atoms with Gasteiger partial charge in [0.25, 0.3) is 0 Å². The molecule has 1 aliphatic rings. The number of hydrazine groups is 1. The van der Waals surface area contributed by atoms with Gasteiger partial charge in [-0.2, -0.15) is 5.10 Å². The molecule has 0 aromatic carbocycles. The molecule has 108 valence electrons. The van der Waals surface area contributed by atoms with Gasteiger partial charge in [0.1, 0.15) is 12.2 Å². The fraction of sp³-hybridized carbons (Fsp3) is 0.857. The maximum absolute atomic E-state index is 5.77. The topological polar surface area (TPSA) is 68.8 Å². The van der Waals surface area contributed by atoms with Crippen molar-refractivity contribution in [1.29, 1.82) is 0 Å². The first-order valence-corrected chi connectivity index (χ1v) is 7.50. The Morgan fingerprint density at radius 2 is 2.26 bits per heavy atom. The van der Waals surface area contributed by atoms with E-state index in [9.17, 15) is 0 Å². The number of nitrogens with one attached hydrogen (secondary N) is 1. The molecule has 0 saturated heterocycles. The minimum absolute atomic E-state index is 0.318. The van der Waals surface area contributed by atoms with Crippen LogP contribution in [-0.2, 0) is 6.42 Å². The van der Waals surface area contributed by atoms with Crippen molar-refractivity contribution < 1.29 is 0 Å². The van der Waals surface area contributed by atoms with Gasteiger partial charge < -0.3 is 0 Å². The van der Waals surface area contributed by atoms with Crippen LogP contribution < -0.4 is 11.3 Å². The highest BCUT2D eigenvalue weighted by Crippen LogP contribution is 2.35. The normalized spacial score (nSPS) is 25.1. The first-order valence-electron chi connectivity index (χ1n) is 7.50. The Kier molecular flexibility index (Phi) is 4.93. The van der Waals surface area contributed by atoms with Gasteiger partial charge in [-0.1, -0.05) is 19.8 Å². The molecule has 3 unspecified atom stereocenters. The minimum Gasteiger partial charge on any atom is -0.271 e. The molecule has 0 spiro atoms. The number of rotatable bonds is 6. The lowest BCUT2D eigenvalue weighted by Gasteiger charge is -2.23. The van der Waals surface area contributed by atoms with Crippen LogP contribution in [0, 0.1) is 11.8 Å². The van der Waals surface area contributed by atoms with Crippen LogP contribution in [0.4, 0.5) is 0 Å². The van der Waals surface area contributed by atoms with Gasteiger partial charge in [-0.25, -0.2) is 9.67 Å². The van der Waals surface area contributed by atoms with Crippen LogP contribution in [-0.4, -0.2) is 20.8 Å². The van der Waals surface area contributed by atoms with Crippen LogP contribution in [0.25, 0.3) is 0 Å². The number of hydrogen-bond donors (Lipinski definition) is 2. The lowest BCUT2D eigenvalue weighted by atomic mass is 9.93. The monoisotopic (exact) mass is 265 g/mol. The lowest BCUT2D eigenvalue weighted by Crippen LogP contribution is -2.42. The predicted molar refractivity (Wildman–Crippen MR) is 76.3 cm³/mol. The summed E-state index contributed by atoms with van der Waals surface area (Å²) in [5.41, 5.74) is 3.01. The molecule has 5 nitrogen and oxygen atoms in total. The second-order valence-corrected chi connectivity index (χ2v) is 6.04. The minimum atomic E-state index is 0.318. The molecule has 19 heavy (non-hydrogen) atoms. The third kappa shape index (κ3) is 3.34. The van der Waals surface area contributed by atoms with Crippen LogP contribution in [0.1, 0.15) is 58.3 Å². The first-order chi connectivity index (χ1) is 9.15. The fourth-order valence-electron chi connectivity index (χ4n) is 3.26. The predicted octanol–water partition coefficient (Wildman–Crippen LogP) is 2.06. The van der Waals surface area contributed by atoms with Crippen molar-refractivity contribution in [3.8, 4) is 0 Å². The second-order valence-electron chi connectivity index (χ2n) is 6.04. The van der Waals surface area contributed by atoms with E-state index in [-0.39, 0.29) is 0 Å². The molecule has 2 rings (SSSR count). The van der Waals surface area contributed by atoms with Crippen LogP contribution in [0.3, 0.4) is 0 Å². The SMILES string of the molecule is CCC1CCC(C(Cc2ncnn2C(C)C)NN)C1. The molecule has 5 heteroatoms. The average Bonchev–Trinajstić information content (AvgIpc) is 3.04. The molecular weight excluding hydrogens is 238 g/mol. The average molecular weight is 265 g/mol. The van der Waals surface area contributed by atoms with Gasteiger partial charge in [-0.05, 0) is 38.5 Å². The summed E-state index contributed by atoms with van der Waals surface area (Å²) in [4.78, 5) is 4.39. The Balaban J connectivity index is 2.01. The summed E-state index contributed by atoms with van der Waals surface area (Å²) >= 11 is 0. The van der Waals surface area contributed by atoms with E-state index < -0.39 is 0 Å². The molecule has 3 atom stereocenters. The Bertz CT molecular complexity index is 387. The maximum atomic E-state index is 5.77. The number of nitrogens with two attached hydrogens (primary N) is 1. The first kappa shape index (κ1) is 14.5. The van der Waals surface area contributed by atoms with E-state index in [2.05, 4.69) is 36.3 Å². The van der Waals surface area contributed by atoms with Crippen molar-refractivity contribution in [2.24, 2.45) is 17.7 Å². The van der Waals surface area contributed by atoms with Crippen LogP contribution >= 0.6 is 0 Å². The Morgan fingerprint density at radius 1 is 1.47 bits per heavy atom. The van der Waals surface area contributed by atoms with E-state index in [1.165, 1.54) is 25.7 Å².